The summed E-state index contributed by atoms with van der Waals surface area (Å²) in [5, 5.41) is 0. The van der Waals surface area contributed by atoms with Crippen LogP contribution >= 0.6 is 0 Å². The Bertz CT molecular complexity index is 308. The molecule has 0 atom stereocenters. The maximum Gasteiger partial charge on any atom is 0.392 e. The van der Waals surface area contributed by atoms with E-state index in [0.717, 1.165) is 6.08 Å². The highest BCUT2D eigenvalue weighted by Crippen LogP contribution is 2.20. The molecule has 0 saturated carbocycles. The van der Waals surface area contributed by atoms with Crippen LogP contribution in [-0.2, 0) is 0 Å². The Morgan fingerprint density at radius 2 is 1.64 bits per heavy atom. The standard InChI is InChI=1S/C10H8F4/c11-9-5-3-8(4-6-9)2-1-7-10(12,13)14/h1-6H,7H2/b2-1+. The highest BCUT2D eigenvalue weighted by molar-refractivity contribution is 5.48. The molecule has 0 saturated heterocycles. The van der Waals surface area contributed by atoms with E-state index < -0.39 is 18.4 Å². The minimum absolute atomic E-state index is 0.405. The average Bonchev–Trinajstić information content (AvgIpc) is 2.06. The minimum atomic E-state index is -4.18. The maximum atomic E-state index is 12.4. The second kappa shape index (κ2) is 4.26. The lowest BCUT2D eigenvalue weighted by Gasteiger charge is -2.00. The molecule has 0 aliphatic carbocycles. The lowest BCUT2D eigenvalue weighted by Crippen LogP contribution is -2.03. The van der Waals surface area contributed by atoms with E-state index in [2.05, 4.69) is 0 Å². The third-order valence-electron chi connectivity index (χ3n) is 1.53. The molecule has 1 rings (SSSR count). The van der Waals surface area contributed by atoms with Gasteiger partial charge in [-0.3, -0.25) is 0 Å². The van der Waals surface area contributed by atoms with Gasteiger partial charge in [0, 0.05) is 0 Å². The van der Waals surface area contributed by atoms with Crippen LogP contribution in [-0.4, -0.2) is 6.18 Å². The highest BCUT2D eigenvalue weighted by Gasteiger charge is 2.24. The van der Waals surface area contributed by atoms with Gasteiger partial charge in [-0.2, -0.15) is 13.2 Å². The first-order valence-electron chi connectivity index (χ1n) is 3.96. The lowest BCUT2D eigenvalue weighted by atomic mass is 10.2. The summed E-state index contributed by atoms with van der Waals surface area (Å²) in [5.74, 6) is -0.405. The van der Waals surface area contributed by atoms with Gasteiger partial charge in [0.1, 0.15) is 5.82 Å². The van der Waals surface area contributed by atoms with Crippen LogP contribution in [0.5, 0.6) is 0 Å². The molecule has 1 aromatic carbocycles. The predicted molar refractivity (Wildman–Crippen MR) is 46.1 cm³/mol. The second-order valence-electron chi connectivity index (χ2n) is 2.77. The molecule has 0 aliphatic rings. The summed E-state index contributed by atoms with van der Waals surface area (Å²) < 4.78 is 47.5. The number of allylic oxidation sites excluding steroid dienone is 1. The SMILES string of the molecule is Fc1ccc(/C=C/CC(F)(F)F)cc1. The molecular formula is C10H8F4. The summed E-state index contributed by atoms with van der Waals surface area (Å²) in [4.78, 5) is 0. The fourth-order valence-electron chi connectivity index (χ4n) is 0.903. The topological polar surface area (TPSA) is 0 Å². The van der Waals surface area contributed by atoms with E-state index in [1.807, 2.05) is 0 Å². The Labute approximate surface area is 78.9 Å². The van der Waals surface area contributed by atoms with Crippen molar-refractivity contribution in [2.24, 2.45) is 0 Å². The van der Waals surface area contributed by atoms with Crippen molar-refractivity contribution in [2.75, 3.05) is 0 Å². The summed E-state index contributed by atoms with van der Waals surface area (Å²) in [6.45, 7) is 0. The Morgan fingerprint density at radius 3 is 2.14 bits per heavy atom. The molecule has 1 aromatic rings. The van der Waals surface area contributed by atoms with Crippen LogP contribution in [0.15, 0.2) is 30.3 Å². The first-order chi connectivity index (χ1) is 6.47. The predicted octanol–water partition coefficient (Wildman–Crippen LogP) is 3.79. The largest absolute Gasteiger partial charge is 0.392 e. The molecule has 0 spiro atoms. The van der Waals surface area contributed by atoms with E-state index in [4.69, 9.17) is 0 Å². The normalized spacial score (nSPS) is 12.3. The first kappa shape index (κ1) is 10.8. The van der Waals surface area contributed by atoms with Gasteiger partial charge in [0.2, 0.25) is 0 Å². The number of hydrogen-bond donors (Lipinski definition) is 0. The molecule has 0 fully saturated rings. The van der Waals surface area contributed by atoms with Gasteiger partial charge in [-0.25, -0.2) is 4.39 Å². The van der Waals surface area contributed by atoms with Crippen molar-refractivity contribution in [1.29, 1.82) is 0 Å². The van der Waals surface area contributed by atoms with Crippen molar-refractivity contribution in [3.8, 4) is 0 Å². The van der Waals surface area contributed by atoms with E-state index >= 15 is 0 Å². The van der Waals surface area contributed by atoms with Crippen LogP contribution in [0.3, 0.4) is 0 Å². The van der Waals surface area contributed by atoms with E-state index in [9.17, 15) is 17.6 Å². The number of benzene rings is 1. The van der Waals surface area contributed by atoms with Crippen LogP contribution < -0.4 is 0 Å². The van der Waals surface area contributed by atoms with E-state index in [1.165, 1.54) is 30.3 Å². The zero-order chi connectivity index (χ0) is 10.6. The van der Waals surface area contributed by atoms with Crippen molar-refractivity contribution in [3.63, 3.8) is 0 Å². The van der Waals surface area contributed by atoms with Crippen molar-refractivity contribution >= 4 is 6.08 Å². The van der Waals surface area contributed by atoms with Gasteiger partial charge < -0.3 is 0 Å². The number of hydrogen-bond acceptors (Lipinski definition) is 0. The van der Waals surface area contributed by atoms with Crippen LogP contribution in [0.25, 0.3) is 6.08 Å². The third-order valence-corrected chi connectivity index (χ3v) is 1.53. The molecule has 14 heavy (non-hydrogen) atoms. The molecule has 0 unspecified atom stereocenters. The quantitative estimate of drug-likeness (QED) is 0.643. The molecule has 0 bridgehead atoms. The smallest absolute Gasteiger partial charge is 0.207 e. The van der Waals surface area contributed by atoms with Crippen molar-refractivity contribution < 1.29 is 17.6 Å². The third kappa shape index (κ3) is 4.07. The molecule has 0 N–H and O–H groups in total. The Hall–Kier alpha value is -1.32. The molecule has 0 radical (unpaired) electrons. The maximum absolute atomic E-state index is 12.4. The number of alkyl halides is 3. The molecule has 0 heterocycles. The van der Waals surface area contributed by atoms with Gasteiger partial charge in [0.05, 0.1) is 6.42 Å². The van der Waals surface area contributed by atoms with Crippen LogP contribution in [0, 0.1) is 5.82 Å². The van der Waals surface area contributed by atoms with E-state index in [1.54, 1.807) is 0 Å². The van der Waals surface area contributed by atoms with Crippen molar-refractivity contribution in [1.82, 2.24) is 0 Å². The van der Waals surface area contributed by atoms with Crippen LogP contribution in [0.2, 0.25) is 0 Å². The Kier molecular flexibility index (Phi) is 3.28. The summed E-state index contributed by atoms with van der Waals surface area (Å²) in [7, 11) is 0. The Balaban J connectivity index is 2.57. The van der Waals surface area contributed by atoms with Gasteiger partial charge >= 0.3 is 6.18 Å². The zero-order valence-corrected chi connectivity index (χ0v) is 7.18. The summed E-state index contributed by atoms with van der Waals surface area (Å²) in [6.07, 6.45) is -2.83. The van der Waals surface area contributed by atoms with Crippen LogP contribution in [0.1, 0.15) is 12.0 Å². The molecule has 0 aromatic heterocycles. The fourth-order valence-corrected chi connectivity index (χ4v) is 0.903. The molecule has 76 valence electrons. The molecule has 4 heteroatoms. The van der Waals surface area contributed by atoms with E-state index in [0.29, 0.717) is 5.56 Å². The molecule has 0 amide bonds. The molecule has 0 aliphatic heterocycles. The molecular weight excluding hydrogens is 196 g/mol. The lowest BCUT2D eigenvalue weighted by molar-refractivity contribution is -0.124. The Morgan fingerprint density at radius 1 is 1.07 bits per heavy atom. The monoisotopic (exact) mass is 204 g/mol. The first-order valence-corrected chi connectivity index (χ1v) is 3.96. The minimum Gasteiger partial charge on any atom is -0.207 e. The number of halogens is 4. The number of rotatable bonds is 2. The molecule has 0 nitrogen and oxygen atoms in total. The van der Waals surface area contributed by atoms with Gasteiger partial charge in [-0.1, -0.05) is 24.3 Å². The summed E-state index contributed by atoms with van der Waals surface area (Å²) in [6, 6.07) is 5.24. The summed E-state index contributed by atoms with van der Waals surface area (Å²) >= 11 is 0. The van der Waals surface area contributed by atoms with Gasteiger partial charge in [0.25, 0.3) is 0 Å². The second-order valence-corrected chi connectivity index (χ2v) is 2.77. The summed E-state index contributed by atoms with van der Waals surface area (Å²) in [5.41, 5.74) is 0.552. The van der Waals surface area contributed by atoms with Gasteiger partial charge in [0.15, 0.2) is 0 Å². The van der Waals surface area contributed by atoms with Crippen LogP contribution in [0.4, 0.5) is 17.6 Å². The van der Waals surface area contributed by atoms with Gasteiger partial charge in [-0.15, -0.1) is 0 Å². The van der Waals surface area contributed by atoms with E-state index in [-0.39, 0.29) is 0 Å². The van der Waals surface area contributed by atoms with Crippen molar-refractivity contribution in [2.45, 2.75) is 12.6 Å². The van der Waals surface area contributed by atoms with Gasteiger partial charge in [-0.05, 0) is 17.7 Å². The fraction of sp³-hybridized carbons (Fsp3) is 0.200. The highest BCUT2D eigenvalue weighted by atomic mass is 19.4. The zero-order valence-electron chi connectivity index (χ0n) is 7.18. The average molecular weight is 204 g/mol. The van der Waals surface area contributed by atoms with Crippen molar-refractivity contribution in [3.05, 3.63) is 41.7 Å².